The van der Waals surface area contributed by atoms with Crippen LogP contribution in [0.5, 0.6) is 0 Å². The van der Waals surface area contributed by atoms with Gasteiger partial charge in [-0.15, -0.1) is 10.2 Å². The minimum atomic E-state index is -0.934. The van der Waals surface area contributed by atoms with Crippen molar-refractivity contribution in [2.45, 2.75) is 19.4 Å². The molecule has 3 N–H and O–H groups in total. The summed E-state index contributed by atoms with van der Waals surface area (Å²) in [5.41, 5.74) is 8.04. The quantitative estimate of drug-likeness (QED) is 0.679. The standard InChI is InChI=1S/C19H18F2N4OS/c1-11(26)23-10-15(13-4-2-12(9-22)3-5-13)19-25-24-18(27-19)14-6-7-16(20)17(21)8-14/h2-8,15H,9-10,22H2,1H3,(H,23,26)/t15-/m0/s1. The second-order valence-corrected chi connectivity index (χ2v) is 7.02. The van der Waals surface area contributed by atoms with Crippen molar-refractivity contribution < 1.29 is 13.6 Å². The predicted molar refractivity (Wildman–Crippen MR) is 100 cm³/mol. The first-order valence-electron chi connectivity index (χ1n) is 8.30. The van der Waals surface area contributed by atoms with Crippen molar-refractivity contribution in [2.75, 3.05) is 6.54 Å². The van der Waals surface area contributed by atoms with Gasteiger partial charge in [-0.05, 0) is 29.3 Å². The van der Waals surface area contributed by atoms with Crippen molar-refractivity contribution in [3.05, 3.63) is 70.2 Å². The number of nitrogens with one attached hydrogen (secondary N) is 1. The number of aromatic nitrogens is 2. The van der Waals surface area contributed by atoms with Crippen LogP contribution in [0.1, 0.15) is 29.0 Å². The van der Waals surface area contributed by atoms with Crippen molar-refractivity contribution in [3.63, 3.8) is 0 Å². The summed E-state index contributed by atoms with van der Waals surface area (Å²) in [6, 6.07) is 11.3. The molecule has 3 aromatic rings. The summed E-state index contributed by atoms with van der Waals surface area (Å²) in [7, 11) is 0. The van der Waals surface area contributed by atoms with E-state index in [1.165, 1.54) is 24.3 Å². The number of rotatable bonds is 6. The summed E-state index contributed by atoms with van der Waals surface area (Å²) in [5.74, 6) is -2.20. The zero-order valence-corrected chi connectivity index (χ0v) is 15.4. The Morgan fingerprint density at radius 1 is 1.15 bits per heavy atom. The maximum atomic E-state index is 13.5. The van der Waals surface area contributed by atoms with Gasteiger partial charge in [0.15, 0.2) is 11.6 Å². The van der Waals surface area contributed by atoms with E-state index < -0.39 is 11.6 Å². The number of benzene rings is 2. The van der Waals surface area contributed by atoms with Gasteiger partial charge < -0.3 is 11.1 Å². The Hall–Kier alpha value is -2.71. The fraction of sp³-hybridized carbons (Fsp3) is 0.211. The monoisotopic (exact) mass is 388 g/mol. The summed E-state index contributed by atoms with van der Waals surface area (Å²) in [5, 5.41) is 12.3. The molecule has 0 aliphatic heterocycles. The Labute approximate surface area is 159 Å². The fourth-order valence-corrected chi connectivity index (χ4v) is 3.57. The van der Waals surface area contributed by atoms with Crippen LogP contribution < -0.4 is 11.1 Å². The van der Waals surface area contributed by atoms with Crippen LogP contribution >= 0.6 is 11.3 Å². The molecule has 0 radical (unpaired) electrons. The van der Waals surface area contributed by atoms with Crippen molar-refractivity contribution in [2.24, 2.45) is 5.73 Å². The minimum absolute atomic E-state index is 0.149. The van der Waals surface area contributed by atoms with E-state index >= 15 is 0 Å². The van der Waals surface area contributed by atoms with Gasteiger partial charge in [-0.3, -0.25) is 4.79 Å². The smallest absolute Gasteiger partial charge is 0.216 e. The minimum Gasteiger partial charge on any atom is -0.355 e. The molecule has 0 aliphatic rings. The highest BCUT2D eigenvalue weighted by atomic mass is 32.1. The molecule has 0 unspecified atom stereocenters. The van der Waals surface area contributed by atoms with Gasteiger partial charge in [-0.25, -0.2) is 8.78 Å². The first kappa shape index (κ1) is 19.1. The van der Waals surface area contributed by atoms with Crippen LogP contribution in [0, 0.1) is 11.6 Å². The van der Waals surface area contributed by atoms with Crippen LogP contribution in [0.4, 0.5) is 8.78 Å². The molecule has 1 atom stereocenters. The van der Waals surface area contributed by atoms with E-state index in [2.05, 4.69) is 15.5 Å². The van der Waals surface area contributed by atoms with Crippen molar-refractivity contribution in [1.29, 1.82) is 0 Å². The van der Waals surface area contributed by atoms with Gasteiger partial charge in [-0.2, -0.15) is 0 Å². The number of amides is 1. The van der Waals surface area contributed by atoms with Crippen LogP contribution in [-0.4, -0.2) is 22.6 Å². The lowest BCUT2D eigenvalue weighted by Crippen LogP contribution is -2.26. The Morgan fingerprint density at radius 3 is 2.52 bits per heavy atom. The van der Waals surface area contributed by atoms with Crippen molar-refractivity contribution >= 4 is 17.2 Å². The summed E-state index contributed by atoms with van der Waals surface area (Å²) < 4.78 is 26.7. The van der Waals surface area contributed by atoms with E-state index in [9.17, 15) is 13.6 Å². The number of halogens is 2. The van der Waals surface area contributed by atoms with Crippen LogP contribution in [0.15, 0.2) is 42.5 Å². The molecular formula is C19H18F2N4OS. The maximum absolute atomic E-state index is 13.5. The zero-order chi connectivity index (χ0) is 19.4. The van der Waals surface area contributed by atoms with Crippen LogP contribution in [0.2, 0.25) is 0 Å². The Kier molecular flexibility index (Phi) is 5.88. The molecule has 2 aromatic carbocycles. The Bertz CT molecular complexity index is 943. The second-order valence-electron chi connectivity index (χ2n) is 6.01. The highest BCUT2D eigenvalue weighted by molar-refractivity contribution is 7.14. The number of carbonyl (C=O) groups is 1. The molecule has 27 heavy (non-hydrogen) atoms. The first-order chi connectivity index (χ1) is 13.0. The molecule has 3 rings (SSSR count). The highest BCUT2D eigenvalue weighted by Gasteiger charge is 2.20. The summed E-state index contributed by atoms with van der Waals surface area (Å²) in [6.07, 6.45) is 0. The van der Waals surface area contributed by atoms with E-state index in [4.69, 9.17) is 5.73 Å². The molecule has 1 amide bonds. The van der Waals surface area contributed by atoms with Gasteiger partial charge in [0.25, 0.3) is 0 Å². The molecule has 0 saturated heterocycles. The average molecular weight is 388 g/mol. The lowest BCUT2D eigenvalue weighted by molar-refractivity contribution is -0.118. The van der Waals surface area contributed by atoms with Crippen molar-refractivity contribution in [1.82, 2.24) is 15.5 Å². The van der Waals surface area contributed by atoms with Gasteiger partial charge in [0.05, 0.1) is 5.92 Å². The normalized spacial score (nSPS) is 12.0. The number of carbonyl (C=O) groups excluding carboxylic acids is 1. The Morgan fingerprint density at radius 2 is 1.89 bits per heavy atom. The van der Waals surface area contributed by atoms with E-state index in [1.807, 2.05) is 24.3 Å². The summed E-state index contributed by atoms with van der Waals surface area (Å²) in [6.45, 7) is 2.24. The van der Waals surface area contributed by atoms with Gasteiger partial charge in [0.2, 0.25) is 5.91 Å². The number of nitrogens with zero attached hydrogens (tertiary/aromatic N) is 2. The van der Waals surface area contributed by atoms with Crippen LogP contribution in [-0.2, 0) is 11.3 Å². The van der Waals surface area contributed by atoms with Gasteiger partial charge in [-0.1, -0.05) is 35.6 Å². The fourth-order valence-electron chi connectivity index (χ4n) is 2.60. The third kappa shape index (κ3) is 4.53. The molecule has 0 aliphatic carbocycles. The lowest BCUT2D eigenvalue weighted by atomic mass is 9.98. The topological polar surface area (TPSA) is 80.9 Å². The molecule has 1 aromatic heterocycles. The number of hydrogen-bond donors (Lipinski definition) is 2. The van der Waals surface area contributed by atoms with Crippen LogP contribution in [0.25, 0.3) is 10.6 Å². The third-order valence-corrected chi connectivity index (χ3v) is 5.16. The molecule has 1 heterocycles. The molecular weight excluding hydrogens is 370 g/mol. The molecule has 140 valence electrons. The van der Waals surface area contributed by atoms with E-state index in [0.29, 0.717) is 28.7 Å². The number of hydrogen-bond acceptors (Lipinski definition) is 5. The third-order valence-electron chi connectivity index (χ3n) is 4.08. The van der Waals surface area contributed by atoms with E-state index in [-0.39, 0.29) is 11.8 Å². The number of nitrogens with two attached hydrogens (primary N) is 1. The lowest BCUT2D eigenvalue weighted by Gasteiger charge is -2.15. The molecule has 8 heteroatoms. The van der Waals surface area contributed by atoms with Crippen molar-refractivity contribution in [3.8, 4) is 10.6 Å². The average Bonchev–Trinajstić information content (AvgIpc) is 3.14. The zero-order valence-electron chi connectivity index (χ0n) is 14.6. The highest BCUT2D eigenvalue weighted by Crippen LogP contribution is 2.32. The molecule has 0 fully saturated rings. The largest absolute Gasteiger partial charge is 0.355 e. The van der Waals surface area contributed by atoms with Gasteiger partial charge in [0.1, 0.15) is 10.0 Å². The maximum Gasteiger partial charge on any atom is 0.216 e. The SMILES string of the molecule is CC(=O)NC[C@@H](c1ccc(CN)cc1)c1nnc(-c2ccc(F)c(F)c2)s1. The molecule has 0 bridgehead atoms. The summed E-state index contributed by atoms with van der Waals surface area (Å²) in [4.78, 5) is 11.4. The van der Waals surface area contributed by atoms with Gasteiger partial charge >= 0.3 is 0 Å². The molecule has 0 spiro atoms. The Balaban J connectivity index is 1.93. The second kappa shape index (κ2) is 8.32. The first-order valence-corrected chi connectivity index (χ1v) is 9.11. The predicted octanol–water partition coefficient (Wildman–Crippen LogP) is 3.21. The van der Waals surface area contributed by atoms with E-state index in [0.717, 1.165) is 23.3 Å². The summed E-state index contributed by atoms with van der Waals surface area (Å²) >= 11 is 1.28. The van der Waals surface area contributed by atoms with Crippen LogP contribution in [0.3, 0.4) is 0 Å². The van der Waals surface area contributed by atoms with Gasteiger partial charge in [0, 0.05) is 25.6 Å². The van der Waals surface area contributed by atoms with E-state index in [1.54, 1.807) is 0 Å². The molecule has 0 saturated carbocycles. The molecule has 5 nitrogen and oxygen atoms in total.